The van der Waals surface area contributed by atoms with Gasteiger partial charge in [0.25, 0.3) is 0 Å². The van der Waals surface area contributed by atoms with Gasteiger partial charge in [0.2, 0.25) is 0 Å². The fourth-order valence-electron chi connectivity index (χ4n) is 5.75. The number of rotatable bonds is 4. The van der Waals surface area contributed by atoms with Crippen molar-refractivity contribution in [1.29, 1.82) is 0 Å². The second kappa shape index (κ2) is 10.5. The van der Waals surface area contributed by atoms with Gasteiger partial charge in [0.15, 0.2) is 0 Å². The van der Waals surface area contributed by atoms with E-state index < -0.39 is 0 Å². The molecule has 0 amide bonds. The van der Waals surface area contributed by atoms with Crippen LogP contribution in [0.2, 0.25) is 0 Å². The molecular formula is C37H26F2N4. The van der Waals surface area contributed by atoms with Gasteiger partial charge < -0.3 is 0 Å². The molecule has 0 radical (unpaired) electrons. The summed E-state index contributed by atoms with van der Waals surface area (Å²) in [7, 11) is 0. The largest absolute Gasteiger partial charge is 0.256 e. The van der Waals surface area contributed by atoms with Crippen LogP contribution in [0.25, 0.3) is 66.6 Å². The van der Waals surface area contributed by atoms with Gasteiger partial charge in [-0.15, -0.1) is 0 Å². The number of pyridine rings is 4. The van der Waals surface area contributed by atoms with Crippen LogP contribution in [0.15, 0.2) is 103 Å². The molecule has 0 bridgehead atoms. The van der Waals surface area contributed by atoms with E-state index in [-0.39, 0.29) is 11.6 Å². The van der Waals surface area contributed by atoms with E-state index in [1.165, 1.54) is 6.07 Å². The minimum absolute atomic E-state index is 0.363. The van der Waals surface area contributed by atoms with Crippen LogP contribution in [0.3, 0.4) is 0 Å². The third-order valence-corrected chi connectivity index (χ3v) is 7.82. The van der Waals surface area contributed by atoms with Gasteiger partial charge in [-0.25, -0.2) is 13.8 Å². The van der Waals surface area contributed by atoms with E-state index in [9.17, 15) is 0 Å². The van der Waals surface area contributed by atoms with Gasteiger partial charge in [0.05, 0.1) is 22.4 Å². The molecule has 4 nitrogen and oxygen atoms in total. The summed E-state index contributed by atoms with van der Waals surface area (Å²) in [6, 6.07) is 27.8. The van der Waals surface area contributed by atoms with Crippen LogP contribution in [0.4, 0.5) is 8.78 Å². The molecule has 0 aliphatic heterocycles. The molecule has 43 heavy (non-hydrogen) atoms. The summed E-state index contributed by atoms with van der Waals surface area (Å²) in [4.78, 5) is 18.4. The number of aryl methyl sites for hydroxylation is 3. The average Bonchev–Trinajstić information content (AvgIpc) is 3.01. The zero-order chi connectivity index (χ0) is 29.7. The van der Waals surface area contributed by atoms with Crippen molar-refractivity contribution in [3.63, 3.8) is 0 Å². The highest BCUT2D eigenvalue weighted by atomic mass is 19.1. The van der Waals surface area contributed by atoms with Gasteiger partial charge in [-0.1, -0.05) is 36.4 Å². The summed E-state index contributed by atoms with van der Waals surface area (Å²) in [5.74, 6) is -0.734. The first kappa shape index (κ1) is 26.5. The Balaban J connectivity index is 1.27. The van der Waals surface area contributed by atoms with Gasteiger partial charge in [-0.3, -0.25) is 15.0 Å². The van der Waals surface area contributed by atoms with Crippen molar-refractivity contribution in [1.82, 2.24) is 19.9 Å². The number of fused-ring (bicyclic) bond motifs is 3. The summed E-state index contributed by atoms with van der Waals surface area (Å²) < 4.78 is 31.9. The van der Waals surface area contributed by atoms with Crippen molar-refractivity contribution >= 4 is 21.8 Å². The van der Waals surface area contributed by atoms with Crippen molar-refractivity contribution in [2.24, 2.45) is 0 Å². The molecule has 4 aromatic heterocycles. The second-order valence-electron chi connectivity index (χ2n) is 10.8. The fourth-order valence-corrected chi connectivity index (χ4v) is 5.75. The van der Waals surface area contributed by atoms with Crippen LogP contribution >= 0.6 is 0 Å². The van der Waals surface area contributed by atoms with E-state index in [4.69, 9.17) is 4.98 Å². The molecular weight excluding hydrogens is 538 g/mol. The van der Waals surface area contributed by atoms with Crippen LogP contribution in [-0.2, 0) is 0 Å². The maximum absolute atomic E-state index is 16.2. The molecule has 0 fully saturated rings. The van der Waals surface area contributed by atoms with Gasteiger partial charge in [0, 0.05) is 56.8 Å². The van der Waals surface area contributed by atoms with Crippen LogP contribution in [0, 0.1) is 32.4 Å². The molecule has 0 aliphatic carbocycles. The third-order valence-electron chi connectivity index (χ3n) is 7.82. The SMILES string of the molecule is Cc1ccc2ccc3c(F)c(-c4cccc(-c5c(C)cc(-c6ccc(-c7ccccn7)cn6)cc5F)c4)c(C)nc3c2n1. The Morgan fingerprint density at radius 3 is 2.12 bits per heavy atom. The van der Waals surface area contributed by atoms with Crippen molar-refractivity contribution in [2.75, 3.05) is 0 Å². The molecule has 0 unspecified atom stereocenters. The standard InChI is InChI=1S/C37H26F2N4/c1-21-17-28(32-15-13-27(20-41-32)31-9-4-5-16-40-31)19-30(38)33(21)25-7-6-8-26(18-25)34-23(3)43-37-29(35(34)39)14-12-24-11-10-22(2)42-36(24)37/h4-20H,1-3H3. The van der Waals surface area contributed by atoms with E-state index in [0.29, 0.717) is 55.6 Å². The average molecular weight is 565 g/mol. The topological polar surface area (TPSA) is 51.6 Å². The highest BCUT2D eigenvalue weighted by Crippen LogP contribution is 2.37. The molecule has 7 rings (SSSR count). The molecule has 7 aromatic rings. The van der Waals surface area contributed by atoms with Crippen molar-refractivity contribution < 1.29 is 8.78 Å². The molecule has 0 spiro atoms. The maximum Gasteiger partial charge on any atom is 0.142 e. The van der Waals surface area contributed by atoms with Crippen LogP contribution < -0.4 is 0 Å². The summed E-state index contributed by atoms with van der Waals surface area (Å²) in [6.07, 6.45) is 3.48. The van der Waals surface area contributed by atoms with Crippen LogP contribution in [0.1, 0.15) is 17.0 Å². The summed E-state index contributed by atoms with van der Waals surface area (Å²) in [6.45, 7) is 5.58. The van der Waals surface area contributed by atoms with Crippen LogP contribution in [0.5, 0.6) is 0 Å². The highest BCUT2D eigenvalue weighted by molar-refractivity contribution is 6.04. The summed E-state index contributed by atoms with van der Waals surface area (Å²) in [5.41, 5.74) is 8.58. The van der Waals surface area contributed by atoms with Crippen molar-refractivity contribution in [2.45, 2.75) is 20.8 Å². The summed E-state index contributed by atoms with van der Waals surface area (Å²) in [5, 5.41) is 1.32. The van der Waals surface area contributed by atoms with Gasteiger partial charge in [0.1, 0.15) is 11.6 Å². The molecule has 0 N–H and O–H groups in total. The Morgan fingerprint density at radius 2 is 1.37 bits per heavy atom. The van der Waals surface area contributed by atoms with E-state index >= 15 is 8.78 Å². The first-order valence-corrected chi connectivity index (χ1v) is 14.0. The second-order valence-corrected chi connectivity index (χ2v) is 10.8. The Morgan fingerprint density at radius 1 is 0.581 bits per heavy atom. The fraction of sp³-hybridized carbons (Fsp3) is 0.0811. The number of hydrogen-bond acceptors (Lipinski definition) is 4. The van der Waals surface area contributed by atoms with Crippen molar-refractivity contribution in [3.8, 4) is 44.8 Å². The molecule has 3 aromatic carbocycles. The van der Waals surface area contributed by atoms with Gasteiger partial charge in [-0.05, 0) is 92.1 Å². The monoisotopic (exact) mass is 564 g/mol. The molecule has 4 heterocycles. The first-order chi connectivity index (χ1) is 20.9. The zero-order valence-corrected chi connectivity index (χ0v) is 23.9. The Labute approximate surface area is 247 Å². The van der Waals surface area contributed by atoms with E-state index in [2.05, 4.69) is 15.0 Å². The predicted octanol–water partition coefficient (Wildman–Crippen LogP) is 9.44. The highest BCUT2D eigenvalue weighted by Gasteiger charge is 2.19. The minimum Gasteiger partial charge on any atom is -0.256 e. The normalized spacial score (nSPS) is 11.4. The number of halogens is 2. The van der Waals surface area contributed by atoms with Crippen molar-refractivity contribution in [3.05, 3.63) is 132 Å². The predicted molar refractivity (Wildman–Crippen MR) is 169 cm³/mol. The lowest BCUT2D eigenvalue weighted by Crippen LogP contribution is -1.98. The number of aromatic nitrogens is 4. The molecule has 6 heteroatoms. The van der Waals surface area contributed by atoms with E-state index in [0.717, 1.165) is 27.9 Å². The number of nitrogens with zero attached hydrogens (tertiary/aromatic N) is 4. The van der Waals surface area contributed by atoms with E-state index in [1.807, 2.05) is 92.7 Å². The van der Waals surface area contributed by atoms with Crippen LogP contribution in [-0.4, -0.2) is 19.9 Å². The third kappa shape index (κ3) is 4.71. The molecule has 208 valence electrons. The lowest BCUT2D eigenvalue weighted by molar-refractivity contribution is 0.630. The Bertz CT molecular complexity index is 2150. The first-order valence-electron chi connectivity index (χ1n) is 14.0. The minimum atomic E-state index is -0.371. The number of hydrogen-bond donors (Lipinski definition) is 0. The lowest BCUT2D eigenvalue weighted by Gasteiger charge is -2.15. The van der Waals surface area contributed by atoms with Gasteiger partial charge >= 0.3 is 0 Å². The maximum atomic E-state index is 16.2. The molecule has 0 saturated carbocycles. The molecule has 0 aliphatic rings. The van der Waals surface area contributed by atoms with Gasteiger partial charge in [-0.2, -0.15) is 0 Å². The molecule has 0 atom stereocenters. The lowest BCUT2D eigenvalue weighted by atomic mass is 9.93. The quantitative estimate of drug-likeness (QED) is 0.200. The molecule has 0 saturated heterocycles. The summed E-state index contributed by atoms with van der Waals surface area (Å²) >= 11 is 0. The smallest absolute Gasteiger partial charge is 0.142 e. The number of benzene rings is 3. The zero-order valence-electron chi connectivity index (χ0n) is 23.9. The Kier molecular flexibility index (Phi) is 6.47. The van der Waals surface area contributed by atoms with E-state index in [1.54, 1.807) is 25.4 Å². The Hall–Kier alpha value is -5.36.